The Morgan fingerprint density at radius 1 is 1.13 bits per heavy atom. The summed E-state index contributed by atoms with van der Waals surface area (Å²) in [5, 5.41) is 0.776. The Hall–Kier alpha value is -3.41. The molecular weight excluding hydrogens is 392 g/mol. The molecule has 160 valence electrons. The summed E-state index contributed by atoms with van der Waals surface area (Å²) in [7, 11) is 1.59. The summed E-state index contributed by atoms with van der Waals surface area (Å²) in [6, 6.07) is 13.0. The maximum Gasteiger partial charge on any atom is 0.339 e. The molecule has 1 aliphatic heterocycles. The van der Waals surface area contributed by atoms with Gasteiger partial charge in [0.15, 0.2) is 0 Å². The van der Waals surface area contributed by atoms with E-state index in [1.54, 1.807) is 36.3 Å². The van der Waals surface area contributed by atoms with Crippen LogP contribution in [0.4, 0.5) is 0 Å². The summed E-state index contributed by atoms with van der Waals surface area (Å²) in [5.41, 5.74) is 4.59. The smallest absolute Gasteiger partial charge is 0.339 e. The van der Waals surface area contributed by atoms with Crippen molar-refractivity contribution in [1.82, 2.24) is 9.88 Å². The molecule has 2 heterocycles. The van der Waals surface area contributed by atoms with E-state index in [0.717, 1.165) is 34.1 Å². The highest BCUT2D eigenvalue weighted by Gasteiger charge is 2.29. The summed E-state index contributed by atoms with van der Waals surface area (Å²) in [6.45, 7) is 5.18. The second kappa shape index (κ2) is 8.76. The molecule has 0 fully saturated rings. The van der Waals surface area contributed by atoms with Gasteiger partial charge in [-0.2, -0.15) is 0 Å². The average molecular weight is 418 g/mol. The van der Waals surface area contributed by atoms with Crippen molar-refractivity contribution in [1.29, 1.82) is 0 Å². The molecule has 0 radical (unpaired) electrons. The number of aromatic nitrogens is 1. The molecule has 1 aliphatic rings. The number of amides is 1. The number of benzene rings is 2. The number of nitrogens with zero attached hydrogens (tertiary/aromatic N) is 2. The zero-order valence-electron chi connectivity index (χ0n) is 18.1. The van der Waals surface area contributed by atoms with Crippen LogP contribution in [0.15, 0.2) is 42.5 Å². The maximum atomic E-state index is 13.1. The van der Waals surface area contributed by atoms with E-state index in [4.69, 9.17) is 14.5 Å². The fourth-order valence-corrected chi connectivity index (χ4v) is 3.94. The molecule has 0 aliphatic carbocycles. The molecule has 1 aromatic heterocycles. The molecule has 31 heavy (non-hydrogen) atoms. The molecule has 4 rings (SSSR count). The van der Waals surface area contributed by atoms with E-state index in [-0.39, 0.29) is 11.9 Å². The van der Waals surface area contributed by atoms with Crippen molar-refractivity contribution in [2.75, 3.05) is 20.3 Å². The minimum atomic E-state index is -0.352. The van der Waals surface area contributed by atoms with E-state index in [9.17, 15) is 9.59 Å². The van der Waals surface area contributed by atoms with Crippen LogP contribution in [0.2, 0.25) is 0 Å². The lowest BCUT2D eigenvalue weighted by molar-refractivity contribution is 0.0501. The summed E-state index contributed by atoms with van der Waals surface area (Å²) < 4.78 is 10.7. The number of carbonyl (C=O) groups is 2. The first-order valence-electron chi connectivity index (χ1n) is 10.5. The SMILES string of the molecule is CCCOC(=O)c1c2c(nc3ccc(C)cc13)CCN(C(=O)c1ccc(OC)cc1)C2. The van der Waals surface area contributed by atoms with Crippen LogP contribution in [-0.4, -0.2) is 42.0 Å². The minimum absolute atomic E-state index is 0.0782. The van der Waals surface area contributed by atoms with Gasteiger partial charge in [-0.25, -0.2) is 4.79 Å². The number of ether oxygens (including phenoxy) is 2. The Morgan fingerprint density at radius 2 is 1.90 bits per heavy atom. The first-order valence-corrected chi connectivity index (χ1v) is 10.5. The van der Waals surface area contributed by atoms with Gasteiger partial charge in [-0.05, 0) is 49.7 Å². The second-order valence-corrected chi connectivity index (χ2v) is 7.77. The van der Waals surface area contributed by atoms with E-state index >= 15 is 0 Å². The third-order valence-electron chi connectivity index (χ3n) is 5.56. The normalized spacial score (nSPS) is 13.1. The van der Waals surface area contributed by atoms with Crippen LogP contribution < -0.4 is 4.74 Å². The number of aryl methyl sites for hydroxylation is 1. The Balaban J connectivity index is 1.74. The largest absolute Gasteiger partial charge is 0.497 e. The Kier molecular flexibility index (Phi) is 5.89. The zero-order valence-corrected chi connectivity index (χ0v) is 18.1. The molecule has 0 spiro atoms. The Labute approximate surface area is 181 Å². The quantitative estimate of drug-likeness (QED) is 0.578. The van der Waals surface area contributed by atoms with E-state index in [1.807, 2.05) is 32.0 Å². The number of carbonyl (C=O) groups excluding carboxylic acids is 2. The number of rotatable bonds is 5. The molecule has 0 atom stereocenters. The van der Waals surface area contributed by atoms with Crippen LogP contribution in [0, 0.1) is 6.92 Å². The van der Waals surface area contributed by atoms with Crippen LogP contribution in [0.3, 0.4) is 0 Å². The number of methoxy groups -OCH3 is 1. The standard InChI is InChI=1S/C25H26N2O4/c1-4-13-31-25(29)23-19-14-16(2)5-10-21(19)26-22-11-12-27(15-20(22)23)24(28)17-6-8-18(30-3)9-7-17/h5-10,14H,4,11-13,15H2,1-3H3. The first-order chi connectivity index (χ1) is 15.0. The third-order valence-corrected chi connectivity index (χ3v) is 5.56. The van der Waals surface area contributed by atoms with Crippen molar-refractivity contribution in [3.8, 4) is 5.75 Å². The highest BCUT2D eigenvalue weighted by atomic mass is 16.5. The molecule has 6 heteroatoms. The second-order valence-electron chi connectivity index (χ2n) is 7.77. The monoisotopic (exact) mass is 418 g/mol. The van der Waals surface area contributed by atoms with Gasteiger partial charge in [-0.15, -0.1) is 0 Å². The highest BCUT2D eigenvalue weighted by molar-refractivity contribution is 6.05. The lowest BCUT2D eigenvalue weighted by Gasteiger charge is -2.30. The van der Waals surface area contributed by atoms with Crippen LogP contribution in [0.5, 0.6) is 5.75 Å². The Morgan fingerprint density at radius 3 is 2.61 bits per heavy atom. The lowest BCUT2D eigenvalue weighted by atomic mass is 9.94. The predicted octanol–water partition coefficient (Wildman–Crippen LogP) is 4.32. The number of esters is 1. The molecular formula is C25H26N2O4. The molecule has 6 nitrogen and oxygen atoms in total. The van der Waals surface area contributed by atoms with Crippen molar-refractivity contribution in [3.63, 3.8) is 0 Å². The number of pyridine rings is 1. The lowest BCUT2D eigenvalue weighted by Crippen LogP contribution is -2.37. The summed E-state index contributed by atoms with van der Waals surface area (Å²) in [5.74, 6) is 0.271. The first kappa shape index (κ1) is 20.8. The molecule has 3 aromatic rings. The molecule has 0 N–H and O–H groups in total. The van der Waals surface area contributed by atoms with Gasteiger partial charge in [-0.1, -0.05) is 18.6 Å². The zero-order chi connectivity index (χ0) is 22.0. The van der Waals surface area contributed by atoms with Gasteiger partial charge in [0.05, 0.1) is 24.8 Å². The summed E-state index contributed by atoms with van der Waals surface area (Å²) in [4.78, 5) is 32.8. The van der Waals surface area contributed by atoms with Gasteiger partial charge in [0.25, 0.3) is 5.91 Å². The molecule has 0 saturated heterocycles. The predicted molar refractivity (Wildman–Crippen MR) is 118 cm³/mol. The molecule has 1 amide bonds. The Bertz CT molecular complexity index is 1140. The molecule has 0 bridgehead atoms. The third kappa shape index (κ3) is 4.10. The number of hydrogen-bond donors (Lipinski definition) is 0. The van der Waals surface area contributed by atoms with Crippen molar-refractivity contribution in [3.05, 3.63) is 70.4 Å². The van der Waals surface area contributed by atoms with Crippen molar-refractivity contribution >= 4 is 22.8 Å². The van der Waals surface area contributed by atoms with Crippen LogP contribution in [0.25, 0.3) is 10.9 Å². The van der Waals surface area contributed by atoms with Gasteiger partial charge in [-0.3, -0.25) is 9.78 Å². The van der Waals surface area contributed by atoms with Crippen LogP contribution in [0.1, 0.15) is 50.9 Å². The topological polar surface area (TPSA) is 68.7 Å². The van der Waals surface area contributed by atoms with Crippen LogP contribution >= 0.6 is 0 Å². The van der Waals surface area contributed by atoms with Crippen molar-refractivity contribution < 1.29 is 19.1 Å². The van der Waals surface area contributed by atoms with E-state index in [1.165, 1.54) is 0 Å². The minimum Gasteiger partial charge on any atom is -0.497 e. The van der Waals surface area contributed by atoms with Gasteiger partial charge in [0.2, 0.25) is 0 Å². The van der Waals surface area contributed by atoms with Gasteiger partial charge >= 0.3 is 5.97 Å². The van der Waals surface area contributed by atoms with Crippen molar-refractivity contribution in [2.24, 2.45) is 0 Å². The maximum absolute atomic E-state index is 13.1. The molecule has 2 aromatic carbocycles. The van der Waals surface area contributed by atoms with Gasteiger partial charge in [0.1, 0.15) is 5.75 Å². The number of hydrogen-bond acceptors (Lipinski definition) is 5. The van der Waals surface area contributed by atoms with Gasteiger partial charge in [0, 0.05) is 41.7 Å². The molecule has 0 unspecified atom stereocenters. The molecule has 0 saturated carbocycles. The van der Waals surface area contributed by atoms with E-state index < -0.39 is 0 Å². The van der Waals surface area contributed by atoms with Crippen molar-refractivity contribution in [2.45, 2.75) is 33.2 Å². The van der Waals surface area contributed by atoms with Gasteiger partial charge < -0.3 is 14.4 Å². The van der Waals surface area contributed by atoms with E-state index in [0.29, 0.717) is 43.0 Å². The van der Waals surface area contributed by atoms with Crippen LogP contribution in [-0.2, 0) is 17.7 Å². The fraction of sp³-hybridized carbons (Fsp3) is 0.320. The highest BCUT2D eigenvalue weighted by Crippen LogP contribution is 2.30. The summed E-state index contributed by atoms with van der Waals surface area (Å²) >= 11 is 0. The average Bonchev–Trinajstić information content (AvgIpc) is 2.80. The summed E-state index contributed by atoms with van der Waals surface area (Å²) in [6.07, 6.45) is 1.34. The van der Waals surface area contributed by atoms with E-state index in [2.05, 4.69) is 0 Å². The fourth-order valence-electron chi connectivity index (χ4n) is 3.94. The number of fused-ring (bicyclic) bond motifs is 2.